The third-order valence-electron chi connectivity index (χ3n) is 5.51. The summed E-state index contributed by atoms with van der Waals surface area (Å²) in [6.07, 6.45) is 2.61. The maximum atomic E-state index is 13.4. The summed E-state index contributed by atoms with van der Waals surface area (Å²) in [6.45, 7) is 4.01. The Hall–Kier alpha value is -2.83. The molecule has 1 aliphatic heterocycles. The number of nitrogens with one attached hydrogen (secondary N) is 2. The Balaban J connectivity index is 1.36. The number of ether oxygens (including phenoxy) is 1. The molecule has 2 N–H and O–H groups in total. The van der Waals surface area contributed by atoms with Crippen molar-refractivity contribution in [2.24, 2.45) is 5.92 Å². The standard InChI is InChI=1S/C23H29F2N3O2/c1-16(3-4-17-5-8-20(30-2)9-6-17)27-23(29)26-14-18-11-12-28(15-18)19-7-10-21(24)22(25)13-19/h5-10,13,16,18H,3-4,11-12,14-15H2,1-2H3,(H2,26,27,29). The maximum absolute atomic E-state index is 13.4. The highest BCUT2D eigenvalue weighted by Crippen LogP contribution is 2.25. The van der Waals surface area contributed by atoms with Gasteiger partial charge in [-0.1, -0.05) is 12.1 Å². The van der Waals surface area contributed by atoms with Gasteiger partial charge in [-0.2, -0.15) is 0 Å². The van der Waals surface area contributed by atoms with E-state index in [1.807, 2.05) is 36.1 Å². The fraction of sp³-hybridized carbons (Fsp3) is 0.435. The van der Waals surface area contributed by atoms with Crippen molar-refractivity contribution in [1.29, 1.82) is 0 Å². The van der Waals surface area contributed by atoms with E-state index in [1.54, 1.807) is 13.2 Å². The molecule has 162 valence electrons. The molecule has 0 saturated carbocycles. The van der Waals surface area contributed by atoms with Crippen LogP contribution < -0.4 is 20.3 Å². The van der Waals surface area contributed by atoms with Gasteiger partial charge in [0.25, 0.3) is 0 Å². The average Bonchev–Trinajstić information content (AvgIpc) is 3.22. The van der Waals surface area contributed by atoms with E-state index in [4.69, 9.17) is 4.74 Å². The first kappa shape index (κ1) is 21.9. The molecule has 1 fully saturated rings. The Bertz CT molecular complexity index is 845. The Labute approximate surface area is 176 Å². The lowest BCUT2D eigenvalue weighted by Gasteiger charge is -2.19. The quantitative estimate of drug-likeness (QED) is 0.679. The number of halogens is 2. The van der Waals surface area contributed by atoms with Gasteiger partial charge in [-0.05, 0) is 61.9 Å². The summed E-state index contributed by atoms with van der Waals surface area (Å²) in [6, 6.07) is 11.8. The molecule has 1 heterocycles. The fourth-order valence-corrected chi connectivity index (χ4v) is 3.67. The van der Waals surface area contributed by atoms with Crippen LogP contribution in [0.25, 0.3) is 0 Å². The van der Waals surface area contributed by atoms with Crippen molar-refractivity contribution >= 4 is 11.7 Å². The molecule has 0 aliphatic carbocycles. The van der Waals surface area contributed by atoms with Crippen LogP contribution >= 0.6 is 0 Å². The van der Waals surface area contributed by atoms with Crippen molar-refractivity contribution in [1.82, 2.24) is 10.6 Å². The fourth-order valence-electron chi connectivity index (χ4n) is 3.67. The Morgan fingerprint density at radius 1 is 1.20 bits per heavy atom. The van der Waals surface area contributed by atoms with E-state index in [1.165, 1.54) is 11.6 Å². The highest BCUT2D eigenvalue weighted by atomic mass is 19.2. The predicted molar refractivity (Wildman–Crippen MR) is 114 cm³/mol. The molecule has 0 radical (unpaired) electrons. The predicted octanol–water partition coefficient (Wildman–Crippen LogP) is 4.12. The zero-order chi connectivity index (χ0) is 21.5. The molecule has 30 heavy (non-hydrogen) atoms. The summed E-state index contributed by atoms with van der Waals surface area (Å²) in [5.74, 6) is -0.566. The molecular weight excluding hydrogens is 388 g/mol. The third kappa shape index (κ3) is 6.08. The van der Waals surface area contributed by atoms with Crippen LogP contribution in [0.2, 0.25) is 0 Å². The van der Waals surface area contributed by atoms with Gasteiger partial charge in [0.05, 0.1) is 7.11 Å². The van der Waals surface area contributed by atoms with Crippen LogP contribution in [0.5, 0.6) is 5.75 Å². The van der Waals surface area contributed by atoms with Crippen LogP contribution in [-0.4, -0.2) is 38.8 Å². The number of anilines is 1. The van der Waals surface area contributed by atoms with Crippen LogP contribution in [0.1, 0.15) is 25.3 Å². The second-order valence-electron chi connectivity index (χ2n) is 7.84. The van der Waals surface area contributed by atoms with Crippen LogP contribution in [0.3, 0.4) is 0 Å². The van der Waals surface area contributed by atoms with E-state index in [-0.39, 0.29) is 18.0 Å². The number of rotatable bonds is 8. The summed E-state index contributed by atoms with van der Waals surface area (Å²) >= 11 is 0. The molecule has 2 unspecified atom stereocenters. The van der Waals surface area contributed by atoms with Gasteiger partial charge in [0.2, 0.25) is 0 Å². The molecule has 2 aromatic rings. The number of nitrogens with zero attached hydrogens (tertiary/aromatic N) is 1. The number of aryl methyl sites for hydroxylation is 1. The maximum Gasteiger partial charge on any atom is 0.315 e. The van der Waals surface area contributed by atoms with Crippen molar-refractivity contribution in [3.63, 3.8) is 0 Å². The van der Waals surface area contributed by atoms with Gasteiger partial charge in [-0.3, -0.25) is 0 Å². The summed E-state index contributed by atoms with van der Waals surface area (Å²) < 4.78 is 31.7. The molecule has 3 rings (SSSR count). The van der Waals surface area contributed by atoms with E-state index < -0.39 is 11.6 Å². The monoisotopic (exact) mass is 417 g/mol. The third-order valence-corrected chi connectivity index (χ3v) is 5.51. The van der Waals surface area contributed by atoms with Crippen LogP contribution in [0.4, 0.5) is 19.3 Å². The molecule has 0 aromatic heterocycles. The van der Waals surface area contributed by atoms with E-state index in [0.717, 1.165) is 37.6 Å². The molecule has 2 atom stereocenters. The summed E-state index contributed by atoms with van der Waals surface area (Å²) in [5, 5.41) is 5.91. The number of hydrogen-bond donors (Lipinski definition) is 2. The first-order valence-electron chi connectivity index (χ1n) is 10.3. The lowest BCUT2D eigenvalue weighted by molar-refractivity contribution is 0.235. The molecular formula is C23H29F2N3O2. The molecule has 7 heteroatoms. The average molecular weight is 418 g/mol. The Morgan fingerprint density at radius 3 is 2.67 bits per heavy atom. The number of carbonyl (C=O) groups excluding carboxylic acids is 1. The highest BCUT2D eigenvalue weighted by Gasteiger charge is 2.24. The van der Waals surface area contributed by atoms with E-state index in [9.17, 15) is 13.6 Å². The smallest absolute Gasteiger partial charge is 0.315 e. The van der Waals surface area contributed by atoms with Gasteiger partial charge in [-0.15, -0.1) is 0 Å². The minimum atomic E-state index is -0.839. The number of amides is 2. The summed E-state index contributed by atoms with van der Waals surface area (Å²) in [7, 11) is 1.64. The van der Waals surface area contributed by atoms with Crippen molar-refractivity contribution in [3.8, 4) is 5.75 Å². The van der Waals surface area contributed by atoms with Crippen molar-refractivity contribution < 1.29 is 18.3 Å². The minimum absolute atomic E-state index is 0.0503. The first-order chi connectivity index (χ1) is 14.4. The number of benzene rings is 2. The lowest BCUT2D eigenvalue weighted by atomic mass is 10.1. The number of carbonyl (C=O) groups is 1. The Morgan fingerprint density at radius 2 is 1.97 bits per heavy atom. The first-order valence-corrected chi connectivity index (χ1v) is 10.3. The topological polar surface area (TPSA) is 53.6 Å². The minimum Gasteiger partial charge on any atom is -0.497 e. The van der Waals surface area contributed by atoms with Gasteiger partial charge in [0.1, 0.15) is 5.75 Å². The molecule has 2 aromatic carbocycles. The van der Waals surface area contributed by atoms with Crippen LogP contribution in [-0.2, 0) is 6.42 Å². The molecule has 2 amide bonds. The van der Waals surface area contributed by atoms with E-state index in [2.05, 4.69) is 10.6 Å². The number of urea groups is 1. The zero-order valence-corrected chi connectivity index (χ0v) is 17.5. The van der Waals surface area contributed by atoms with Crippen molar-refractivity contribution in [3.05, 3.63) is 59.7 Å². The van der Waals surface area contributed by atoms with Gasteiger partial charge in [0, 0.05) is 37.4 Å². The summed E-state index contributed by atoms with van der Waals surface area (Å²) in [4.78, 5) is 14.2. The van der Waals surface area contributed by atoms with Crippen LogP contribution in [0.15, 0.2) is 42.5 Å². The number of hydrogen-bond acceptors (Lipinski definition) is 3. The largest absolute Gasteiger partial charge is 0.497 e. The second kappa shape index (κ2) is 10.3. The highest BCUT2D eigenvalue weighted by molar-refractivity contribution is 5.74. The molecule has 0 spiro atoms. The number of methoxy groups -OCH3 is 1. The van der Waals surface area contributed by atoms with Gasteiger partial charge in [-0.25, -0.2) is 13.6 Å². The lowest BCUT2D eigenvalue weighted by Crippen LogP contribution is -2.43. The summed E-state index contributed by atoms with van der Waals surface area (Å²) in [5.41, 5.74) is 1.88. The van der Waals surface area contributed by atoms with Gasteiger partial charge in [0.15, 0.2) is 11.6 Å². The van der Waals surface area contributed by atoms with E-state index >= 15 is 0 Å². The van der Waals surface area contributed by atoms with Gasteiger partial charge >= 0.3 is 6.03 Å². The molecule has 1 saturated heterocycles. The zero-order valence-electron chi connectivity index (χ0n) is 17.5. The van der Waals surface area contributed by atoms with E-state index in [0.29, 0.717) is 18.8 Å². The molecule has 1 aliphatic rings. The van der Waals surface area contributed by atoms with Crippen molar-refractivity contribution in [2.75, 3.05) is 31.6 Å². The molecule has 0 bridgehead atoms. The molecule has 5 nitrogen and oxygen atoms in total. The Kier molecular flexibility index (Phi) is 7.49. The van der Waals surface area contributed by atoms with Crippen molar-refractivity contribution in [2.45, 2.75) is 32.2 Å². The van der Waals surface area contributed by atoms with Crippen LogP contribution in [0, 0.1) is 17.6 Å². The normalized spacial score (nSPS) is 16.9. The second-order valence-corrected chi connectivity index (χ2v) is 7.84. The van der Waals surface area contributed by atoms with Gasteiger partial charge < -0.3 is 20.3 Å². The SMILES string of the molecule is COc1ccc(CCC(C)NC(=O)NCC2CCN(c3ccc(F)c(F)c3)C2)cc1.